The zero-order valence-corrected chi connectivity index (χ0v) is 10.7. The van der Waals surface area contributed by atoms with Crippen LogP contribution in [0.5, 0.6) is 5.88 Å². The van der Waals surface area contributed by atoms with Crippen LogP contribution in [0, 0.1) is 5.82 Å². The lowest BCUT2D eigenvalue weighted by molar-refractivity contribution is 0.102. The molecule has 0 atom stereocenters. The molecule has 4 nitrogen and oxygen atoms in total. The predicted octanol–water partition coefficient (Wildman–Crippen LogP) is 3.14. The van der Waals surface area contributed by atoms with E-state index in [4.69, 9.17) is 16.3 Å². The lowest BCUT2D eigenvalue weighted by atomic mass is 10.2. The first-order valence-electron chi connectivity index (χ1n) is 5.36. The molecule has 0 aliphatic heterocycles. The second-order valence-electron chi connectivity index (χ2n) is 3.67. The van der Waals surface area contributed by atoms with Crippen molar-refractivity contribution in [2.75, 3.05) is 12.4 Å². The fourth-order valence-corrected chi connectivity index (χ4v) is 1.62. The highest BCUT2D eigenvalue weighted by Crippen LogP contribution is 2.20. The molecule has 19 heavy (non-hydrogen) atoms. The summed E-state index contributed by atoms with van der Waals surface area (Å²) in [5.41, 5.74) is 0.791. The smallest absolute Gasteiger partial charge is 0.255 e. The molecule has 1 amide bonds. The first-order valence-corrected chi connectivity index (χ1v) is 5.74. The number of ether oxygens (including phenoxy) is 1. The van der Waals surface area contributed by atoms with Gasteiger partial charge in [-0.05, 0) is 24.3 Å². The average molecular weight is 281 g/mol. The summed E-state index contributed by atoms with van der Waals surface area (Å²) >= 11 is 5.63. The molecule has 6 heteroatoms. The minimum atomic E-state index is -0.537. The number of aromatic nitrogens is 1. The molecule has 0 fully saturated rings. The largest absolute Gasteiger partial charge is 0.481 e. The van der Waals surface area contributed by atoms with Gasteiger partial charge in [-0.3, -0.25) is 4.79 Å². The number of nitrogens with one attached hydrogen (secondary N) is 1. The van der Waals surface area contributed by atoms with Crippen molar-refractivity contribution in [3.8, 4) is 5.88 Å². The SMILES string of the molecule is COc1cc(C(=O)Nc2ccc(F)c(Cl)c2)ccn1. The molecule has 1 heterocycles. The number of hydrogen-bond donors (Lipinski definition) is 1. The van der Waals surface area contributed by atoms with Crippen LogP contribution in [0.4, 0.5) is 10.1 Å². The topological polar surface area (TPSA) is 51.2 Å². The number of benzene rings is 1. The summed E-state index contributed by atoms with van der Waals surface area (Å²) < 4.78 is 17.9. The van der Waals surface area contributed by atoms with Gasteiger partial charge >= 0.3 is 0 Å². The lowest BCUT2D eigenvalue weighted by Crippen LogP contribution is -2.12. The van der Waals surface area contributed by atoms with Gasteiger partial charge in [0.1, 0.15) is 5.82 Å². The Morgan fingerprint density at radius 1 is 1.37 bits per heavy atom. The summed E-state index contributed by atoms with van der Waals surface area (Å²) in [7, 11) is 1.46. The van der Waals surface area contributed by atoms with Crippen LogP contribution in [-0.4, -0.2) is 18.0 Å². The molecule has 0 aliphatic rings. The van der Waals surface area contributed by atoms with Gasteiger partial charge in [0.15, 0.2) is 0 Å². The second-order valence-corrected chi connectivity index (χ2v) is 4.08. The zero-order valence-electron chi connectivity index (χ0n) is 9.98. The normalized spacial score (nSPS) is 10.1. The van der Waals surface area contributed by atoms with Gasteiger partial charge < -0.3 is 10.1 Å². The quantitative estimate of drug-likeness (QED) is 0.940. The van der Waals surface area contributed by atoms with Crippen LogP contribution in [0.15, 0.2) is 36.5 Å². The van der Waals surface area contributed by atoms with Gasteiger partial charge in [-0.15, -0.1) is 0 Å². The third-order valence-electron chi connectivity index (χ3n) is 2.38. The number of amides is 1. The molecule has 0 aliphatic carbocycles. The van der Waals surface area contributed by atoms with Gasteiger partial charge in [0.25, 0.3) is 5.91 Å². The van der Waals surface area contributed by atoms with Crippen LogP contribution in [0.3, 0.4) is 0 Å². The monoisotopic (exact) mass is 280 g/mol. The number of halogens is 2. The Balaban J connectivity index is 2.18. The molecular formula is C13H10ClFN2O2. The van der Waals surface area contributed by atoms with Crippen molar-refractivity contribution in [2.45, 2.75) is 0 Å². The van der Waals surface area contributed by atoms with E-state index >= 15 is 0 Å². The fourth-order valence-electron chi connectivity index (χ4n) is 1.44. The van der Waals surface area contributed by atoms with Crippen LogP contribution in [0.2, 0.25) is 5.02 Å². The van der Waals surface area contributed by atoms with E-state index < -0.39 is 5.82 Å². The number of carbonyl (C=O) groups excluding carboxylic acids is 1. The Morgan fingerprint density at radius 2 is 2.16 bits per heavy atom. The number of methoxy groups -OCH3 is 1. The summed E-state index contributed by atoms with van der Waals surface area (Å²) in [5.74, 6) is -0.557. The van der Waals surface area contributed by atoms with E-state index in [1.165, 1.54) is 37.6 Å². The molecule has 1 aromatic carbocycles. The van der Waals surface area contributed by atoms with Gasteiger partial charge in [-0.1, -0.05) is 11.6 Å². The van der Waals surface area contributed by atoms with Gasteiger partial charge in [-0.2, -0.15) is 0 Å². The highest BCUT2D eigenvalue weighted by Gasteiger charge is 2.09. The van der Waals surface area contributed by atoms with Gasteiger partial charge in [0, 0.05) is 23.5 Å². The Labute approximate surface area is 114 Å². The van der Waals surface area contributed by atoms with E-state index in [9.17, 15) is 9.18 Å². The van der Waals surface area contributed by atoms with Crippen molar-refractivity contribution in [1.29, 1.82) is 0 Å². The minimum absolute atomic E-state index is 0.0508. The van der Waals surface area contributed by atoms with Crippen LogP contribution in [0.1, 0.15) is 10.4 Å². The number of rotatable bonds is 3. The van der Waals surface area contributed by atoms with Crippen molar-refractivity contribution in [1.82, 2.24) is 4.98 Å². The second kappa shape index (κ2) is 5.67. The van der Waals surface area contributed by atoms with Crippen molar-refractivity contribution < 1.29 is 13.9 Å². The van der Waals surface area contributed by atoms with E-state index in [1.54, 1.807) is 6.07 Å². The highest BCUT2D eigenvalue weighted by molar-refractivity contribution is 6.31. The van der Waals surface area contributed by atoms with Gasteiger partial charge in [0.05, 0.1) is 12.1 Å². The molecule has 0 bridgehead atoms. The fraction of sp³-hybridized carbons (Fsp3) is 0.0769. The molecule has 0 saturated heterocycles. The van der Waals surface area contributed by atoms with Crippen molar-refractivity contribution >= 4 is 23.2 Å². The highest BCUT2D eigenvalue weighted by atomic mass is 35.5. The summed E-state index contributed by atoms with van der Waals surface area (Å²) in [6.07, 6.45) is 1.46. The Morgan fingerprint density at radius 3 is 2.84 bits per heavy atom. The molecule has 0 saturated carbocycles. The minimum Gasteiger partial charge on any atom is -0.481 e. The maximum Gasteiger partial charge on any atom is 0.255 e. The summed E-state index contributed by atoms with van der Waals surface area (Å²) in [6, 6.07) is 7.00. The van der Waals surface area contributed by atoms with E-state index in [2.05, 4.69) is 10.3 Å². The van der Waals surface area contributed by atoms with Crippen molar-refractivity contribution in [2.24, 2.45) is 0 Å². The third-order valence-corrected chi connectivity index (χ3v) is 2.67. The lowest BCUT2D eigenvalue weighted by Gasteiger charge is -2.06. The van der Waals surface area contributed by atoms with Gasteiger partial charge in [-0.25, -0.2) is 9.37 Å². The summed E-state index contributed by atoms with van der Waals surface area (Å²) in [6.45, 7) is 0. The number of hydrogen-bond acceptors (Lipinski definition) is 3. The van der Waals surface area contributed by atoms with E-state index in [0.717, 1.165) is 0 Å². The van der Waals surface area contributed by atoms with E-state index in [1.807, 2.05) is 0 Å². The molecule has 1 aromatic heterocycles. The Kier molecular flexibility index (Phi) is 3.97. The molecular weight excluding hydrogens is 271 g/mol. The number of nitrogens with zero attached hydrogens (tertiary/aromatic N) is 1. The van der Waals surface area contributed by atoms with Crippen molar-refractivity contribution in [3.05, 3.63) is 52.9 Å². The number of carbonyl (C=O) groups is 1. The standard InChI is InChI=1S/C13H10ClFN2O2/c1-19-12-6-8(4-5-16-12)13(18)17-9-2-3-11(15)10(14)7-9/h2-7H,1H3,(H,17,18). The Hall–Kier alpha value is -2.14. The van der Waals surface area contributed by atoms with Crippen LogP contribution < -0.4 is 10.1 Å². The predicted molar refractivity (Wildman–Crippen MR) is 70.2 cm³/mol. The summed E-state index contributed by atoms with van der Waals surface area (Å²) in [5, 5.41) is 2.55. The molecule has 0 unspecified atom stereocenters. The number of pyridine rings is 1. The molecule has 2 aromatic rings. The first kappa shape index (κ1) is 13.3. The van der Waals surface area contributed by atoms with Crippen LogP contribution in [-0.2, 0) is 0 Å². The third kappa shape index (κ3) is 3.20. The van der Waals surface area contributed by atoms with Gasteiger partial charge in [0.2, 0.25) is 5.88 Å². The first-order chi connectivity index (χ1) is 9.10. The summed E-state index contributed by atoms with van der Waals surface area (Å²) in [4.78, 5) is 15.8. The van der Waals surface area contributed by atoms with Crippen LogP contribution in [0.25, 0.3) is 0 Å². The van der Waals surface area contributed by atoms with E-state index in [0.29, 0.717) is 17.1 Å². The molecule has 2 rings (SSSR count). The molecule has 1 N–H and O–H groups in total. The molecule has 0 spiro atoms. The Bertz CT molecular complexity index is 619. The zero-order chi connectivity index (χ0) is 13.8. The van der Waals surface area contributed by atoms with Crippen molar-refractivity contribution in [3.63, 3.8) is 0 Å². The molecule has 0 radical (unpaired) electrons. The maximum absolute atomic E-state index is 13.0. The molecule has 98 valence electrons. The maximum atomic E-state index is 13.0. The number of anilines is 1. The van der Waals surface area contributed by atoms with Crippen LogP contribution >= 0.6 is 11.6 Å². The average Bonchev–Trinajstić information content (AvgIpc) is 2.43. The van der Waals surface area contributed by atoms with E-state index in [-0.39, 0.29) is 10.9 Å².